The Labute approximate surface area is 171 Å². The van der Waals surface area contributed by atoms with E-state index < -0.39 is 15.3 Å². The molecule has 0 spiro atoms. The van der Waals surface area contributed by atoms with Crippen molar-refractivity contribution in [2.45, 2.75) is 22.2 Å². The Hall–Kier alpha value is -2.96. The zero-order chi connectivity index (χ0) is 21.0. The van der Waals surface area contributed by atoms with Gasteiger partial charge in [-0.15, -0.1) is 5.10 Å². The fraction of sp³-hybridized carbons (Fsp3) is 0.176. The number of sulfonamides is 1. The zero-order valence-corrected chi connectivity index (χ0v) is 17.1. The van der Waals surface area contributed by atoms with Gasteiger partial charge in [-0.3, -0.25) is 4.79 Å². The summed E-state index contributed by atoms with van der Waals surface area (Å²) in [6.45, 7) is 1.71. The van der Waals surface area contributed by atoms with Crippen molar-refractivity contribution in [3.8, 4) is 11.4 Å². The molecule has 10 nitrogen and oxygen atoms in total. The SMILES string of the molecule is COc1ccc(-n2nnnc2SC(C)C(=O)Nc2ccc(S(N)(=O)=O)cc2)cc1. The van der Waals surface area contributed by atoms with E-state index in [1.165, 1.54) is 40.7 Å². The summed E-state index contributed by atoms with van der Waals surface area (Å²) < 4.78 is 29.3. The van der Waals surface area contributed by atoms with Gasteiger partial charge in [-0.25, -0.2) is 13.6 Å². The molecule has 1 aromatic heterocycles. The lowest BCUT2D eigenvalue weighted by atomic mass is 10.3. The lowest BCUT2D eigenvalue weighted by Crippen LogP contribution is -2.23. The van der Waals surface area contributed by atoms with Crippen molar-refractivity contribution in [1.29, 1.82) is 0 Å². The van der Waals surface area contributed by atoms with Crippen LogP contribution in [0, 0.1) is 0 Å². The summed E-state index contributed by atoms with van der Waals surface area (Å²) in [6.07, 6.45) is 0. The number of primary sulfonamides is 1. The van der Waals surface area contributed by atoms with Crippen molar-refractivity contribution >= 4 is 33.4 Å². The van der Waals surface area contributed by atoms with Crippen LogP contribution in [-0.2, 0) is 14.8 Å². The molecule has 0 aliphatic carbocycles. The highest BCUT2D eigenvalue weighted by atomic mass is 32.2. The summed E-state index contributed by atoms with van der Waals surface area (Å²) in [5.41, 5.74) is 1.18. The Morgan fingerprint density at radius 3 is 2.41 bits per heavy atom. The molecule has 2 aromatic carbocycles. The second-order valence-corrected chi connectivity index (χ2v) is 8.76. The third-order valence-corrected chi connectivity index (χ3v) is 5.82. The molecule has 152 valence electrons. The minimum Gasteiger partial charge on any atom is -0.497 e. The van der Waals surface area contributed by atoms with E-state index in [9.17, 15) is 13.2 Å². The van der Waals surface area contributed by atoms with Crippen molar-refractivity contribution in [1.82, 2.24) is 20.2 Å². The van der Waals surface area contributed by atoms with Crippen LogP contribution in [0.1, 0.15) is 6.92 Å². The van der Waals surface area contributed by atoms with Gasteiger partial charge >= 0.3 is 0 Å². The van der Waals surface area contributed by atoms with Crippen LogP contribution in [-0.4, -0.2) is 46.9 Å². The smallest absolute Gasteiger partial charge is 0.238 e. The van der Waals surface area contributed by atoms with Crippen LogP contribution in [0.3, 0.4) is 0 Å². The Morgan fingerprint density at radius 1 is 1.17 bits per heavy atom. The molecule has 3 aromatic rings. The lowest BCUT2D eigenvalue weighted by molar-refractivity contribution is -0.115. The second kappa shape index (κ2) is 8.59. The molecule has 1 amide bonds. The summed E-state index contributed by atoms with van der Waals surface area (Å²) in [5.74, 6) is 0.417. The predicted octanol–water partition coefficient (Wildman–Crippen LogP) is 1.44. The molecule has 0 bridgehead atoms. The molecule has 0 aliphatic rings. The minimum atomic E-state index is -3.78. The molecular weight excluding hydrogens is 416 g/mol. The number of nitrogens with two attached hydrogens (primary N) is 1. The number of methoxy groups -OCH3 is 1. The number of anilines is 1. The number of carbonyl (C=O) groups excluding carboxylic acids is 1. The number of thioether (sulfide) groups is 1. The molecule has 0 radical (unpaired) electrons. The third kappa shape index (κ3) is 5.10. The largest absolute Gasteiger partial charge is 0.497 e. The maximum Gasteiger partial charge on any atom is 0.238 e. The second-order valence-electron chi connectivity index (χ2n) is 5.89. The summed E-state index contributed by atoms with van der Waals surface area (Å²) in [4.78, 5) is 12.5. The molecule has 12 heteroatoms. The number of amides is 1. The third-order valence-electron chi connectivity index (χ3n) is 3.86. The minimum absolute atomic E-state index is 0.0309. The molecule has 29 heavy (non-hydrogen) atoms. The predicted molar refractivity (Wildman–Crippen MR) is 107 cm³/mol. The highest BCUT2D eigenvalue weighted by Gasteiger charge is 2.19. The fourth-order valence-corrected chi connectivity index (χ4v) is 3.64. The van der Waals surface area contributed by atoms with Crippen molar-refractivity contribution in [2.24, 2.45) is 5.14 Å². The molecular formula is C17H18N6O4S2. The number of carbonyl (C=O) groups is 1. The van der Waals surface area contributed by atoms with Crippen molar-refractivity contribution in [2.75, 3.05) is 12.4 Å². The van der Waals surface area contributed by atoms with Gasteiger partial charge in [-0.05, 0) is 65.9 Å². The number of hydrogen-bond acceptors (Lipinski definition) is 8. The molecule has 0 fully saturated rings. The standard InChI is InChI=1S/C17H18N6O4S2/c1-11(16(24)19-12-3-9-15(10-4-12)29(18,25)26)28-17-20-21-22-23(17)13-5-7-14(27-2)8-6-13/h3-11H,1-2H3,(H,19,24)(H2,18,25,26). The average molecular weight is 435 g/mol. The first-order valence-electron chi connectivity index (χ1n) is 8.31. The molecule has 1 unspecified atom stereocenters. The van der Waals surface area contributed by atoms with Gasteiger partial charge in [0.05, 0.1) is 22.9 Å². The average Bonchev–Trinajstić information content (AvgIpc) is 3.15. The zero-order valence-electron chi connectivity index (χ0n) is 15.5. The molecule has 1 atom stereocenters. The number of ether oxygens (including phenoxy) is 1. The molecule has 3 N–H and O–H groups in total. The number of tetrazole rings is 1. The van der Waals surface area contributed by atoms with Gasteiger partial charge in [0.1, 0.15) is 5.75 Å². The maximum atomic E-state index is 12.5. The number of nitrogens with zero attached hydrogens (tertiary/aromatic N) is 4. The first-order valence-corrected chi connectivity index (χ1v) is 10.7. The number of nitrogens with one attached hydrogen (secondary N) is 1. The number of hydrogen-bond donors (Lipinski definition) is 2. The fourth-order valence-electron chi connectivity index (χ4n) is 2.32. The maximum absolute atomic E-state index is 12.5. The molecule has 0 saturated carbocycles. The first kappa shape index (κ1) is 20.8. The Kier molecular flexibility index (Phi) is 6.15. The van der Waals surface area contributed by atoms with Crippen LogP contribution in [0.5, 0.6) is 5.75 Å². The van der Waals surface area contributed by atoms with Gasteiger partial charge in [0, 0.05) is 5.69 Å². The van der Waals surface area contributed by atoms with Crippen molar-refractivity contribution in [3.63, 3.8) is 0 Å². The number of benzene rings is 2. The van der Waals surface area contributed by atoms with E-state index in [1.54, 1.807) is 38.3 Å². The van der Waals surface area contributed by atoms with Crippen LogP contribution in [0.4, 0.5) is 5.69 Å². The van der Waals surface area contributed by atoms with Crippen LogP contribution in [0.2, 0.25) is 0 Å². The first-order chi connectivity index (χ1) is 13.8. The van der Waals surface area contributed by atoms with E-state index in [2.05, 4.69) is 20.8 Å². The van der Waals surface area contributed by atoms with E-state index in [0.717, 1.165) is 5.69 Å². The monoisotopic (exact) mass is 434 g/mol. The van der Waals surface area contributed by atoms with Gasteiger partial charge < -0.3 is 10.1 Å². The van der Waals surface area contributed by atoms with E-state index in [0.29, 0.717) is 16.6 Å². The molecule has 0 aliphatic heterocycles. The molecule has 1 heterocycles. The Bertz CT molecular complexity index is 1100. The summed E-state index contributed by atoms with van der Waals surface area (Å²) in [5, 5.41) is 19.3. The van der Waals surface area contributed by atoms with Crippen LogP contribution in [0.15, 0.2) is 58.6 Å². The summed E-state index contributed by atoms with van der Waals surface area (Å²) >= 11 is 1.18. The normalized spacial score (nSPS) is 12.4. The van der Waals surface area contributed by atoms with E-state index in [4.69, 9.17) is 9.88 Å². The quantitative estimate of drug-likeness (QED) is 0.532. The highest BCUT2D eigenvalue weighted by molar-refractivity contribution is 8.00. The van der Waals surface area contributed by atoms with E-state index in [-0.39, 0.29) is 10.8 Å². The van der Waals surface area contributed by atoms with Crippen LogP contribution < -0.4 is 15.2 Å². The topological polar surface area (TPSA) is 142 Å². The van der Waals surface area contributed by atoms with E-state index >= 15 is 0 Å². The molecule has 0 saturated heterocycles. The Balaban J connectivity index is 1.68. The van der Waals surface area contributed by atoms with E-state index in [1.807, 2.05) is 0 Å². The number of rotatable bonds is 7. The summed E-state index contributed by atoms with van der Waals surface area (Å²) in [6, 6.07) is 12.8. The van der Waals surface area contributed by atoms with Crippen molar-refractivity contribution in [3.05, 3.63) is 48.5 Å². The summed E-state index contributed by atoms with van der Waals surface area (Å²) in [7, 11) is -2.20. The van der Waals surface area contributed by atoms with Crippen LogP contribution >= 0.6 is 11.8 Å². The van der Waals surface area contributed by atoms with Gasteiger partial charge in [-0.2, -0.15) is 4.68 Å². The van der Waals surface area contributed by atoms with Gasteiger partial charge in [0.2, 0.25) is 21.1 Å². The molecule has 3 rings (SSSR count). The number of aromatic nitrogens is 4. The highest BCUT2D eigenvalue weighted by Crippen LogP contribution is 2.25. The van der Waals surface area contributed by atoms with Crippen LogP contribution in [0.25, 0.3) is 5.69 Å². The van der Waals surface area contributed by atoms with Gasteiger partial charge in [0.25, 0.3) is 0 Å². The Morgan fingerprint density at radius 2 is 1.83 bits per heavy atom. The van der Waals surface area contributed by atoms with Crippen molar-refractivity contribution < 1.29 is 17.9 Å². The lowest BCUT2D eigenvalue weighted by Gasteiger charge is -2.12. The van der Waals surface area contributed by atoms with Gasteiger partial charge in [-0.1, -0.05) is 11.8 Å². The van der Waals surface area contributed by atoms with Gasteiger partial charge in [0.15, 0.2) is 0 Å².